The van der Waals surface area contributed by atoms with Gasteiger partial charge in [0.05, 0.1) is 36.4 Å². The highest BCUT2D eigenvalue weighted by atomic mass is 79.9. The summed E-state index contributed by atoms with van der Waals surface area (Å²) in [7, 11) is 0. The van der Waals surface area contributed by atoms with Gasteiger partial charge in [-0.15, -0.1) is 0 Å². The van der Waals surface area contributed by atoms with E-state index in [-0.39, 0.29) is 25.1 Å². The molecule has 3 aromatic heterocycles. The molecular weight excluding hydrogens is 545 g/mol. The van der Waals surface area contributed by atoms with Crippen molar-refractivity contribution in [2.24, 2.45) is 5.73 Å². The molecule has 0 saturated carbocycles. The lowest BCUT2D eigenvalue weighted by atomic mass is 10.0. The smallest absolute Gasteiger partial charge is 0.250 e. The molecule has 4 heterocycles. The van der Waals surface area contributed by atoms with E-state index in [1.54, 1.807) is 47.4 Å². The average Bonchev–Trinajstić information content (AvgIpc) is 3.45. The Bertz CT molecular complexity index is 1510. The average molecular weight is 566 g/mol. The lowest BCUT2D eigenvalue weighted by Gasteiger charge is -2.24. The number of nitrogens with one attached hydrogen (secondary N) is 1. The van der Waals surface area contributed by atoms with Gasteiger partial charge in [0.2, 0.25) is 11.8 Å². The van der Waals surface area contributed by atoms with E-state index in [1.807, 2.05) is 6.07 Å². The third-order valence-electron chi connectivity index (χ3n) is 6.22. The number of halogens is 2. The topological polar surface area (TPSA) is 136 Å². The minimum Gasteiger partial charge on any atom is -0.366 e. The summed E-state index contributed by atoms with van der Waals surface area (Å²) in [5.41, 5.74) is 8.49. The number of nitrogens with two attached hydrogens (primary N) is 1. The maximum Gasteiger partial charge on any atom is 0.250 e. The van der Waals surface area contributed by atoms with E-state index in [4.69, 9.17) is 5.73 Å². The Morgan fingerprint density at radius 3 is 2.68 bits per heavy atom. The molecule has 10 nitrogen and oxygen atoms in total. The summed E-state index contributed by atoms with van der Waals surface area (Å²) in [6.07, 6.45) is 6.25. The second-order valence-corrected chi connectivity index (χ2v) is 9.59. The van der Waals surface area contributed by atoms with Crippen LogP contribution in [0.2, 0.25) is 0 Å². The standard InChI is InChI=1S/C25H21BrFN7O3/c26-16-6-18(10-29-9-16)32-25(37)22-7-17(27)11-34(22)23(35)13-33-12-20(24(28)36)19-5-14(1-2-21(19)33)15-3-4-30-31-8-15/h1-6,8-10,12,17,22H,7,11,13H2,(H2,28,36)(H,32,37)/t17-,22+/m1/s1. The molecule has 37 heavy (non-hydrogen) atoms. The van der Waals surface area contributed by atoms with Gasteiger partial charge in [0.1, 0.15) is 18.8 Å². The van der Waals surface area contributed by atoms with Crippen LogP contribution in [0.25, 0.3) is 22.0 Å². The monoisotopic (exact) mass is 565 g/mol. The molecule has 1 aliphatic heterocycles. The Labute approximate surface area is 218 Å². The fraction of sp³-hybridized carbons (Fsp3) is 0.200. The maximum atomic E-state index is 14.4. The van der Waals surface area contributed by atoms with Crippen molar-refractivity contribution in [1.82, 2.24) is 24.6 Å². The van der Waals surface area contributed by atoms with E-state index in [2.05, 4.69) is 36.4 Å². The number of carbonyl (C=O) groups excluding carboxylic acids is 3. The van der Waals surface area contributed by atoms with Crippen molar-refractivity contribution in [2.45, 2.75) is 25.2 Å². The molecule has 3 amide bonds. The molecule has 3 N–H and O–H groups in total. The van der Waals surface area contributed by atoms with Gasteiger partial charge in [0, 0.05) is 39.8 Å². The normalized spacial score (nSPS) is 17.2. The van der Waals surface area contributed by atoms with Gasteiger partial charge in [-0.05, 0) is 45.8 Å². The third-order valence-corrected chi connectivity index (χ3v) is 6.65. The molecule has 4 aromatic rings. The summed E-state index contributed by atoms with van der Waals surface area (Å²) in [5, 5.41) is 10.9. The van der Waals surface area contributed by atoms with Crippen LogP contribution < -0.4 is 11.1 Å². The van der Waals surface area contributed by atoms with Gasteiger partial charge in [0.25, 0.3) is 5.91 Å². The molecule has 5 rings (SSSR count). The van der Waals surface area contributed by atoms with Gasteiger partial charge in [-0.2, -0.15) is 10.2 Å². The lowest BCUT2D eigenvalue weighted by molar-refractivity contribution is -0.137. The van der Waals surface area contributed by atoms with Gasteiger partial charge >= 0.3 is 0 Å². The molecule has 188 valence electrons. The Hall–Kier alpha value is -4.19. The van der Waals surface area contributed by atoms with E-state index < -0.39 is 29.9 Å². The number of rotatable bonds is 6. The highest BCUT2D eigenvalue weighted by Gasteiger charge is 2.40. The van der Waals surface area contributed by atoms with Crippen molar-refractivity contribution in [3.8, 4) is 11.1 Å². The van der Waals surface area contributed by atoms with Crippen LogP contribution in [0, 0.1) is 0 Å². The Morgan fingerprint density at radius 2 is 1.95 bits per heavy atom. The first-order valence-corrected chi connectivity index (χ1v) is 12.1. The second kappa shape index (κ2) is 10.1. The predicted octanol–water partition coefficient (Wildman–Crippen LogP) is 2.93. The van der Waals surface area contributed by atoms with E-state index in [1.165, 1.54) is 17.3 Å². The summed E-state index contributed by atoms with van der Waals surface area (Å²) < 4.78 is 16.6. The minimum atomic E-state index is -1.33. The Balaban J connectivity index is 1.41. The first-order valence-electron chi connectivity index (χ1n) is 11.3. The van der Waals surface area contributed by atoms with Crippen molar-refractivity contribution in [3.05, 3.63) is 71.4 Å². The molecule has 0 aliphatic carbocycles. The molecule has 0 unspecified atom stereocenters. The zero-order valence-corrected chi connectivity index (χ0v) is 20.9. The first-order chi connectivity index (χ1) is 17.8. The van der Waals surface area contributed by atoms with Crippen LogP contribution in [-0.2, 0) is 16.1 Å². The SMILES string of the molecule is NC(=O)c1cn(CC(=O)N2C[C@H](F)C[C@H]2C(=O)Nc2cncc(Br)c2)c2ccc(-c3ccnnc3)cc12. The summed E-state index contributed by atoms with van der Waals surface area (Å²) in [4.78, 5) is 43.6. The molecule has 0 bridgehead atoms. The van der Waals surface area contributed by atoms with Gasteiger partial charge < -0.3 is 20.5 Å². The lowest BCUT2D eigenvalue weighted by Crippen LogP contribution is -2.44. The number of amides is 3. The van der Waals surface area contributed by atoms with Gasteiger partial charge in [-0.25, -0.2) is 4.39 Å². The fourth-order valence-corrected chi connectivity index (χ4v) is 4.88. The van der Waals surface area contributed by atoms with E-state index in [0.717, 1.165) is 11.1 Å². The predicted molar refractivity (Wildman–Crippen MR) is 137 cm³/mol. The van der Waals surface area contributed by atoms with Crippen LogP contribution in [0.3, 0.4) is 0 Å². The Morgan fingerprint density at radius 1 is 1.11 bits per heavy atom. The van der Waals surface area contributed by atoms with Crippen LogP contribution >= 0.6 is 15.9 Å². The number of carbonyl (C=O) groups is 3. The van der Waals surface area contributed by atoms with E-state index in [9.17, 15) is 18.8 Å². The molecule has 1 aliphatic rings. The third kappa shape index (κ3) is 5.05. The largest absolute Gasteiger partial charge is 0.366 e. The zero-order chi connectivity index (χ0) is 26.1. The van der Waals surface area contributed by atoms with E-state index >= 15 is 0 Å². The number of anilines is 1. The van der Waals surface area contributed by atoms with Crippen LogP contribution in [0.5, 0.6) is 0 Å². The molecule has 1 saturated heterocycles. The van der Waals surface area contributed by atoms with E-state index in [0.29, 0.717) is 21.1 Å². The van der Waals surface area contributed by atoms with Gasteiger partial charge in [-0.3, -0.25) is 19.4 Å². The fourth-order valence-electron chi connectivity index (χ4n) is 4.52. The van der Waals surface area contributed by atoms with Crippen LogP contribution in [0.1, 0.15) is 16.8 Å². The summed E-state index contributed by atoms with van der Waals surface area (Å²) in [6.45, 7) is -0.399. The molecule has 0 radical (unpaired) electrons. The number of hydrogen-bond acceptors (Lipinski definition) is 6. The summed E-state index contributed by atoms with van der Waals surface area (Å²) >= 11 is 3.29. The first kappa shape index (κ1) is 24.5. The maximum absolute atomic E-state index is 14.4. The number of hydrogen-bond donors (Lipinski definition) is 2. The van der Waals surface area contributed by atoms with Crippen LogP contribution in [0.4, 0.5) is 10.1 Å². The minimum absolute atomic E-state index is 0.110. The van der Waals surface area contributed by atoms with Crippen molar-refractivity contribution in [2.75, 3.05) is 11.9 Å². The number of likely N-dealkylation sites (tertiary alicyclic amines) is 1. The summed E-state index contributed by atoms with van der Waals surface area (Å²) in [6, 6.07) is 7.87. The molecule has 1 fully saturated rings. The number of primary amides is 1. The number of fused-ring (bicyclic) bond motifs is 1. The number of nitrogens with zero attached hydrogens (tertiary/aromatic N) is 5. The zero-order valence-electron chi connectivity index (χ0n) is 19.3. The number of aromatic nitrogens is 4. The molecular formula is C25H21BrFN7O3. The number of benzene rings is 1. The quantitative estimate of drug-likeness (QED) is 0.369. The van der Waals surface area contributed by atoms with Crippen LogP contribution in [-0.4, -0.2) is 61.1 Å². The number of pyridine rings is 1. The summed E-state index contributed by atoms with van der Waals surface area (Å²) in [5.74, 6) is -1.60. The van der Waals surface area contributed by atoms with Crippen LogP contribution in [0.15, 0.2) is 65.8 Å². The van der Waals surface area contributed by atoms with Crippen molar-refractivity contribution in [1.29, 1.82) is 0 Å². The van der Waals surface area contributed by atoms with Crippen molar-refractivity contribution >= 4 is 50.2 Å². The molecule has 0 spiro atoms. The Kier molecular flexibility index (Phi) is 6.66. The molecule has 1 aromatic carbocycles. The molecule has 2 atom stereocenters. The van der Waals surface area contributed by atoms with Gasteiger partial charge in [0.15, 0.2) is 0 Å². The number of alkyl halides is 1. The highest BCUT2D eigenvalue weighted by molar-refractivity contribution is 9.10. The highest BCUT2D eigenvalue weighted by Crippen LogP contribution is 2.29. The van der Waals surface area contributed by atoms with Crippen molar-refractivity contribution in [3.63, 3.8) is 0 Å². The van der Waals surface area contributed by atoms with Gasteiger partial charge in [-0.1, -0.05) is 6.07 Å². The van der Waals surface area contributed by atoms with Crippen molar-refractivity contribution < 1.29 is 18.8 Å². The molecule has 12 heteroatoms. The second-order valence-electron chi connectivity index (χ2n) is 8.67.